The van der Waals surface area contributed by atoms with E-state index in [0.29, 0.717) is 25.0 Å². The molecule has 0 unspecified atom stereocenters. The molecule has 0 aliphatic carbocycles. The van der Waals surface area contributed by atoms with Gasteiger partial charge in [0.2, 0.25) is 10.0 Å². The van der Waals surface area contributed by atoms with Crippen LogP contribution in [0.4, 0.5) is 0 Å². The maximum atomic E-state index is 12.3. The monoisotopic (exact) mass is 327 g/mol. The number of aromatic nitrogens is 2. The van der Waals surface area contributed by atoms with Crippen LogP contribution in [0.2, 0.25) is 0 Å². The second-order valence-electron chi connectivity index (χ2n) is 5.47. The molecular weight excluding hydrogens is 310 g/mol. The van der Waals surface area contributed by atoms with Gasteiger partial charge in [0.15, 0.2) is 0 Å². The average Bonchev–Trinajstić information content (AvgIpc) is 2.91. The minimum Gasteiger partial charge on any atom is -0.298 e. The molecule has 6 nitrogen and oxygen atoms in total. The lowest BCUT2D eigenvalue weighted by Crippen LogP contribution is -2.41. The van der Waals surface area contributed by atoms with E-state index in [1.165, 1.54) is 21.9 Å². The molecule has 0 radical (unpaired) electrons. The van der Waals surface area contributed by atoms with Crippen LogP contribution in [0.3, 0.4) is 0 Å². The van der Waals surface area contributed by atoms with Gasteiger partial charge in [0.05, 0.1) is 18.0 Å². The molecule has 1 saturated heterocycles. The Morgan fingerprint density at radius 1 is 1.48 bits per heavy atom. The number of rotatable bonds is 3. The molecule has 2 aromatic heterocycles. The second kappa shape index (κ2) is 5.51. The quantitative estimate of drug-likeness (QED) is 0.847. The summed E-state index contributed by atoms with van der Waals surface area (Å²) in [7, 11) is -3.15. The first-order valence-corrected chi connectivity index (χ1v) is 9.56. The molecule has 2 aromatic rings. The number of nitrogens with zero attached hydrogens (tertiary/aromatic N) is 3. The first kappa shape index (κ1) is 14.7. The summed E-state index contributed by atoms with van der Waals surface area (Å²) in [6.45, 7) is 1.57. The number of hydrogen-bond donors (Lipinski definition) is 0. The fraction of sp³-hybridized carbons (Fsp3) is 0.538. The van der Waals surface area contributed by atoms with Gasteiger partial charge in [0.1, 0.15) is 4.83 Å². The summed E-state index contributed by atoms with van der Waals surface area (Å²) in [6, 6.07) is 1.79. The summed E-state index contributed by atoms with van der Waals surface area (Å²) in [6.07, 6.45) is 4.57. The average molecular weight is 327 g/mol. The normalized spacial score (nSPS) is 20.9. The van der Waals surface area contributed by atoms with E-state index in [2.05, 4.69) is 4.98 Å². The Morgan fingerprint density at radius 3 is 3.05 bits per heavy atom. The minimum absolute atomic E-state index is 0.0438. The molecule has 21 heavy (non-hydrogen) atoms. The van der Waals surface area contributed by atoms with Crippen molar-refractivity contribution in [1.82, 2.24) is 13.9 Å². The van der Waals surface area contributed by atoms with Crippen molar-refractivity contribution >= 4 is 31.6 Å². The van der Waals surface area contributed by atoms with Crippen LogP contribution in [0.1, 0.15) is 12.8 Å². The smallest absolute Gasteiger partial charge is 0.262 e. The molecule has 1 aliphatic rings. The molecule has 1 fully saturated rings. The first-order valence-electron chi connectivity index (χ1n) is 6.83. The second-order valence-corrected chi connectivity index (χ2v) is 8.35. The largest absolute Gasteiger partial charge is 0.298 e. The van der Waals surface area contributed by atoms with Crippen LogP contribution in [0.5, 0.6) is 0 Å². The van der Waals surface area contributed by atoms with E-state index in [1.807, 2.05) is 5.38 Å². The van der Waals surface area contributed by atoms with Gasteiger partial charge in [-0.3, -0.25) is 9.36 Å². The van der Waals surface area contributed by atoms with Gasteiger partial charge in [-0.2, -0.15) is 0 Å². The van der Waals surface area contributed by atoms with Gasteiger partial charge in [-0.15, -0.1) is 11.3 Å². The number of sulfonamides is 1. The van der Waals surface area contributed by atoms with Crippen LogP contribution in [-0.4, -0.2) is 41.6 Å². The van der Waals surface area contributed by atoms with Crippen molar-refractivity contribution in [3.05, 3.63) is 28.1 Å². The third-order valence-corrected chi connectivity index (χ3v) is 5.95. The Bertz CT molecular complexity index is 809. The fourth-order valence-corrected chi connectivity index (χ4v) is 4.44. The topological polar surface area (TPSA) is 72.3 Å². The molecule has 114 valence electrons. The maximum Gasteiger partial charge on any atom is 0.262 e. The highest BCUT2D eigenvalue weighted by molar-refractivity contribution is 7.88. The molecule has 0 saturated carbocycles. The van der Waals surface area contributed by atoms with E-state index in [0.717, 1.165) is 17.7 Å². The van der Waals surface area contributed by atoms with Crippen LogP contribution in [0.25, 0.3) is 10.2 Å². The van der Waals surface area contributed by atoms with Gasteiger partial charge in [-0.1, -0.05) is 0 Å². The fourth-order valence-electron chi connectivity index (χ4n) is 2.78. The Balaban J connectivity index is 1.82. The highest BCUT2D eigenvalue weighted by atomic mass is 32.2. The predicted molar refractivity (Wildman–Crippen MR) is 83.0 cm³/mol. The molecule has 8 heteroatoms. The van der Waals surface area contributed by atoms with Crippen LogP contribution in [-0.2, 0) is 16.6 Å². The summed E-state index contributed by atoms with van der Waals surface area (Å²) < 4.78 is 26.4. The zero-order valence-electron chi connectivity index (χ0n) is 11.7. The lowest BCUT2D eigenvalue weighted by Gasteiger charge is -2.31. The number of fused-ring (bicyclic) bond motifs is 1. The van der Waals surface area contributed by atoms with E-state index >= 15 is 0 Å². The molecule has 0 aromatic carbocycles. The molecule has 1 aliphatic heterocycles. The highest BCUT2D eigenvalue weighted by Crippen LogP contribution is 2.20. The molecular formula is C13H17N3O3S2. The Hall–Kier alpha value is -1.25. The van der Waals surface area contributed by atoms with Crippen molar-refractivity contribution in [2.24, 2.45) is 5.92 Å². The zero-order chi connectivity index (χ0) is 15.0. The van der Waals surface area contributed by atoms with Gasteiger partial charge in [0.25, 0.3) is 5.56 Å². The molecule has 3 rings (SSSR count). The summed E-state index contributed by atoms with van der Waals surface area (Å²) in [4.78, 5) is 17.4. The van der Waals surface area contributed by atoms with E-state index in [4.69, 9.17) is 0 Å². The van der Waals surface area contributed by atoms with Crippen molar-refractivity contribution < 1.29 is 8.42 Å². The van der Waals surface area contributed by atoms with Gasteiger partial charge in [-0.05, 0) is 30.2 Å². The van der Waals surface area contributed by atoms with Crippen molar-refractivity contribution in [1.29, 1.82) is 0 Å². The molecule has 1 atom stereocenters. The van der Waals surface area contributed by atoms with Gasteiger partial charge < -0.3 is 0 Å². The van der Waals surface area contributed by atoms with Crippen molar-refractivity contribution in [2.75, 3.05) is 19.3 Å². The number of thiophene rings is 1. The summed E-state index contributed by atoms with van der Waals surface area (Å²) in [5.74, 6) is 0.157. The maximum absolute atomic E-state index is 12.3. The van der Waals surface area contributed by atoms with Crippen molar-refractivity contribution in [3.8, 4) is 0 Å². The number of hydrogen-bond acceptors (Lipinski definition) is 5. The molecule has 0 amide bonds. The van der Waals surface area contributed by atoms with Gasteiger partial charge in [0, 0.05) is 19.6 Å². The highest BCUT2D eigenvalue weighted by Gasteiger charge is 2.26. The Morgan fingerprint density at radius 2 is 2.29 bits per heavy atom. The lowest BCUT2D eigenvalue weighted by molar-refractivity contribution is 0.244. The zero-order valence-corrected chi connectivity index (χ0v) is 13.4. The van der Waals surface area contributed by atoms with Gasteiger partial charge in [-0.25, -0.2) is 17.7 Å². The van der Waals surface area contributed by atoms with Crippen LogP contribution in [0, 0.1) is 5.92 Å². The standard InChI is InChI=1S/C13H17N3O3S2/c1-21(18,19)16-5-2-3-10(8-16)7-15-9-14-12-11(13(15)17)4-6-20-12/h4,6,9-10H,2-3,5,7-8H2,1H3/t10-/m0/s1. The Kier molecular flexibility index (Phi) is 3.85. The van der Waals surface area contributed by atoms with Crippen molar-refractivity contribution in [3.63, 3.8) is 0 Å². The Labute approximate surface area is 127 Å². The molecule has 3 heterocycles. The SMILES string of the molecule is CS(=O)(=O)N1CCC[C@@H](Cn2cnc3sccc3c2=O)C1. The van der Waals surface area contributed by atoms with Crippen LogP contribution < -0.4 is 5.56 Å². The lowest BCUT2D eigenvalue weighted by atomic mass is 10.00. The van der Waals surface area contributed by atoms with E-state index in [1.54, 1.807) is 17.0 Å². The van der Waals surface area contributed by atoms with Crippen molar-refractivity contribution in [2.45, 2.75) is 19.4 Å². The van der Waals surface area contributed by atoms with E-state index < -0.39 is 10.0 Å². The molecule has 0 bridgehead atoms. The van der Waals surface area contributed by atoms with E-state index in [-0.39, 0.29) is 11.5 Å². The van der Waals surface area contributed by atoms with Crippen LogP contribution >= 0.6 is 11.3 Å². The van der Waals surface area contributed by atoms with E-state index in [9.17, 15) is 13.2 Å². The summed E-state index contributed by atoms with van der Waals surface area (Å²) >= 11 is 1.45. The number of piperidine rings is 1. The van der Waals surface area contributed by atoms with Gasteiger partial charge >= 0.3 is 0 Å². The third kappa shape index (κ3) is 3.02. The predicted octanol–water partition coefficient (Wildman–Crippen LogP) is 1.13. The molecule has 0 N–H and O–H groups in total. The summed E-state index contributed by atoms with van der Waals surface area (Å²) in [5.41, 5.74) is -0.0438. The summed E-state index contributed by atoms with van der Waals surface area (Å²) in [5, 5.41) is 2.49. The minimum atomic E-state index is -3.15. The third-order valence-electron chi connectivity index (χ3n) is 3.86. The molecule has 0 spiro atoms. The first-order chi connectivity index (χ1) is 9.95. The van der Waals surface area contributed by atoms with Crippen LogP contribution in [0.15, 0.2) is 22.6 Å².